The van der Waals surface area contributed by atoms with Crippen molar-refractivity contribution in [2.75, 3.05) is 26.2 Å². The lowest BCUT2D eigenvalue weighted by Crippen LogP contribution is -2.28. The molecule has 4 heteroatoms. The van der Waals surface area contributed by atoms with E-state index >= 15 is 0 Å². The third kappa shape index (κ3) is 3.80. The zero-order valence-corrected chi connectivity index (χ0v) is 9.11. The van der Waals surface area contributed by atoms with Crippen molar-refractivity contribution >= 4 is 5.97 Å². The van der Waals surface area contributed by atoms with Gasteiger partial charge in [0.2, 0.25) is 0 Å². The van der Waals surface area contributed by atoms with Crippen LogP contribution in [0.15, 0.2) is 0 Å². The number of rotatable bonds is 6. The largest absolute Gasteiger partial charge is 0.481 e. The molecule has 1 heterocycles. The Balaban J connectivity index is 1.58. The van der Waals surface area contributed by atoms with E-state index in [1.807, 2.05) is 0 Å². The molecule has 0 bridgehead atoms. The van der Waals surface area contributed by atoms with Crippen LogP contribution in [0.2, 0.25) is 0 Å². The first-order chi connectivity index (χ1) is 7.24. The number of carboxylic acid groups (broad SMARTS) is 1. The van der Waals surface area contributed by atoms with Crippen LogP contribution in [0, 0.1) is 5.92 Å². The van der Waals surface area contributed by atoms with Gasteiger partial charge in [-0.1, -0.05) is 0 Å². The fourth-order valence-corrected chi connectivity index (χ4v) is 2.16. The summed E-state index contributed by atoms with van der Waals surface area (Å²) in [6.07, 6.45) is 4.19. The van der Waals surface area contributed by atoms with Crippen LogP contribution in [0.3, 0.4) is 0 Å². The molecule has 0 amide bonds. The number of carbonyl (C=O) groups is 1. The zero-order valence-electron chi connectivity index (χ0n) is 9.11. The van der Waals surface area contributed by atoms with Gasteiger partial charge in [0, 0.05) is 19.1 Å². The second kappa shape index (κ2) is 4.94. The van der Waals surface area contributed by atoms with Crippen LogP contribution in [-0.2, 0) is 4.79 Å². The van der Waals surface area contributed by atoms with Gasteiger partial charge in [0.15, 0.2) is 0 Å². The smallest absolute Gasteiger partial charge is 0.304 e. The molecule has 4 nitrogen and oxygen atoms in total. The molecule has 15 heavy (non-hydrogen) atoms. The maximum Gasteiger partial charge on any atom is 0.304 e. The van der Waals surface area contributed by atoms with Gasteiger partial charge >= 0.3 is 5.97 Å². The number of likely N-dealkylation sites (tertiary alicyclic amines) is 1. The van der Waals surface area contributed by atoms with Crippen LogP contribution in [0.25, 0.3) is 0 Å². The highest BCUT2D eigenvalue weighted by molar-refractivity contribution is 5.66. The first-order valence-corrected chi connectivity index (χ1v) is 5.91. The lowest BCUT2D eigenvalue weighted by atomic mass is 10.1. The first-order valence-electron chi connectivity index (χ1n) is 5.91. The van der Waals surface area contributed by atoms with Gasteiger partial charge in [0.1, 0.15) is 0 Å². The third-order valence-electron chi connectivity index (χ3n) is 3.28. The Morgan fingerprint density at radius 1 is 1.40 bits per heavy atom. The molecule has 2 aliphatic rings. The molecule has 1 saturated carbocycles. The van der Waals surface area contributed by atoms with Crippen LogP contribution < -0.4 is 5.32 Å². The molecule has 2 fully saturated rings. The highest BCUT2D eigenvalue weighted by Gasteiger charge is 2.26. The molecule has 1 aliphatic heterocycles. The van der Waals surface area contributed by atoms with Gasteiger partial charge in [-0.05, 0) is 38.3 Å². The molecular formula is C11H20N2O2. The quantitative estimate of drug-likeness (QED) is 0.674. The van der Waals surface area contributed by atoms with E-state index in [9.17, 15) is 4.79 Å². The van der Waals surface area contributed by atoms with Crippen molar-refractivity contribution in [3.63, 3.8) is 0 Å². The van der Waals surface area contributed by atoms with Crippen LogP contribution in [0.4, 0.5) is 0 Å². The van der Waals surface area contributed by atoms with Crippen molar-refractivity contribution in [1.29, 1.82) is 0 Å². The minimum Gasteiger partial charge on any atom is -0.481 e. The number of nitrogens with zero attached hydrogens (tertiary/aromatic N) is 1. The van der Waals surface area contributed by atoms with Crippen molar-refractivity contribution < 1.29 is 9.90 Å². The lowest BCUT2D eigenvalue weighted by Gasteiger charge is -2.14. The Kier molecular flexibility index (Phi) is 3.59. The predicted octanol–water partition coefficient (Wildman–Crippen LogP) is 0.535. The summed E-state index contributed by atoms with van der Waals surface area (Å²) in [6.45, 7) is 3.99. The summed E-state index contributed by atoms with van der Waals surface area (Å²) in [4.78, 5) is 12.7. The van der Waals surface area contributed by atoms with Gasteiger partial charge in [-0.15, -0.1) is 0 Å². The van der Waals surface area contributed by atoms with Gasteiger partial charge < -0.3 is 15.3 Å². The molecule has 0 aromatic heterocycles. The summed E-state index contributed by atoms with van der Waals surface area (Å²) in [5.74, 6) is 0.0500. The Bertz CT molecular complexity index is 229. The van der Waals surface area contributed by atoms with E-state index in [1.54, 1.807) is 0 Å². The fraction of sp³-hybridized carbons (Fsp3) is 0.909. The standard InChI is InChI=1S/C11H20N2O2/c14-11(15)4-6-13-5-3-9(8-13)7-12-10-1-2-10/h9-10,12H,1-8H2,(H,14,15). The minimum absolute atomic E-state index is 0.281. The van der Waals surface area contributed by atoms with E-state index in [0.717, 1.165) is 38.1 Å². The second-order valence-electron chi connectivity index (χ2n) is 4.78. The van der Waals surface area contributed by atoms with Crippen LogP contribution >= 0.6 is 0 Å². The van der Waals surface area contributed by atoms with Crippen LogP contribution in [0.5, 0.6) is 0 Å². The number of hydrogen-bond acceptors (Lipinski definition) is 3. The van der Waals surface area contributed by atoms with Gasteiger partial charge in [0.05, 0.1) is 6.42 Å². The monoisotopic (exact) mass is 212 g/mol. The van der Waals surface area contributed by atoms with Gasteiger partial charge in [-0.2, -0.15) is 0 Å². The van der Waals surface area contributed by atoms with E-state index in [-0.39, 0.29) is 6.42 Å². The Morgan fingerprint density at radius 3 is 2.87 bits per heavy atom. The van der Waals surface area contributed by atoms with E-state index < -0.39 is 5.97 Å². The molecule has 1 atom stereocenters. The average molecular weight is 212 g/mol. The highest BCUT2D eigenvalue weighted by atomic mass is 16.4. The second-order valence-corrected chi connectivity index (χ2v) is 4.78. The third-order valence-corrected chi connectivity index (χ3v) is 3.28. The van der Waals surface area contributed by atoms with E-state index in [2.05, 4.69) is 10.2 Å². The number of hydrogen-bond donors (Lipinski definition) is 2. The maximum absolute atomic E-state index is 10.4. The van der Waals surface area contributed by atoms with Gasteiger partial charge in [-0.3, -0.25) is 4.79 Å². The Morgan fingerprint density at radius 2 is 2.20 bits per heavy atom. The number of nitrogens with one attached hydrogen (secondary N) is 1. The molecule has 1 aliphatic carbocycles. The molecule has 0 aromatic rings. The molecule has 0 spiro atoms. The van der Waals surface area contributed by atoms with Crippen molar-refractivity contribution in [3.8, 4) is 0 Å². The first kappa shape index (κ1) is 10.9. The zero-order chi connectivity index (χ0) is 10.7. The summed E-state index contributed by atoms with van der Waals surface area (Å²) < 4.78 is 0. The molecule has 2 rings (SSSR count). The van der Waals surface area contributed by atoms with Gasteiger partial charge in [0.25, 0.3) is 0 Å². The fourth-order valence-electron chi connectivity index (χ4n) is 2.16. The van der Waals surface area contributed by atoms with Crippen molar-refractivity contribution in [3.05, 3.63) is 0 Å². The summed E-state index contributed by atoms with van der Waals surface area (Å²) in [7, 11) is 0. The maximum atomic E-state index is 10.4. The highest BCUT2D eigenvalue weighted by Crippen LogP contribution is 2.21. The Hall–Kier alpha value is -0.610. The van der Waals surface area contributed by atoms with Crippen LogP contribution in [0.1, 0.15) is 25.7 Å². The summed E-state index contributed by atoms with van der Waals surface area (Å²) >= 11 is 0. The molecule has 2 N–H and O–H groups in total. The van der Waals surface area contributed by atoms with E-state index in [1.165, 1.54) is 19.3 Å². The molecule has 1 saturated heterocycles. The van der Waals surface area contributed by atoms with Crippen molar-refractivity contribution in [1.82, 2.24) is 10.2 Å². The average Bonchev–Trinajstić information content (AvgIpc) is 2.92. The van der Waals surface area contributed by atoms with Gasteiger partial charge in [-0.25, -0.2) is 0 Å². The minimum atomic E-state index is -0.686. The Labute approximate surface area is 90.6 Å². The van der Waals surface area contributed by atoms with E-state index in [0.29, 0.717) is 0 Å². The van der Waals surface area contributed by atoms with Crippen LogP contribution in [-0.4, -0.2) is 48.2 Å². The SMILES string of the molecule is O=C(O)CCN1CCC(CNC2CC2)C1. The summed E-state index contributed by atoms with van der Waals surface area (Å²) in [6, 6.07) is 0.790. The summed E-state index contributed by atoms with van der Waals surface area (Å²) in [5, 5.41) is 12.1. The van der Waals surface area contributed by atoms with Crippen molar-refractivity contribution in [2.24, 2.45) is 5.92 Å². The number of aliphatic carboxylic acids is 1. The predicted molar refractivity (Wildman–Crippen MR) is 57.8 cm³/mol. The van der Waals surface area contributed by atoms with E-state index in [4.69, 9.17) is 5.11 Å². The molecule has 0 aromatic carbocycles. The topological polar surface area (TPSA) is 52.6 Å². The molecule has 0 radical (unpaired) electrons. The molecule has 86 valence electrons. The summed E-state index contributed by atoms with van der Waals surface area (Å²) in [5.41, 5.74) is 0. The molecule has 1 unspecified atom stereocenters. The van der Waals surface area contributed by atoms with Crippen molar-refractivity contribution in [2.45, 2.75) is 31.7 Å². The lowest BCUT2D eigenvalue weighted by molar-refractivity contribution is -0.137. The number of carboxylic acids is 1. The molecular weight excluding hydrogens is 192 g/mol. The normalized spacial score (nSPS) is 27.1.